The molecule has 0 bridgehead atoms. The predicted octanol–water partition coefficient (Wildman–Crippen LogP) is 2.55. The Hall–Kier alpha value is -1.61. The van der Waals surface area contributed by atoms with Gasteiger partial charge in [-0.25, -0.2) is 4.98 Å². The Morgan fingerprint density at radius 2 is 2.09 bits per heavy atom. The number of rotatable bonds is 3. The quantitative estimate of drug-likeness (QED) is 0.828. The molecule has 6 heteroatoms. The molecule has 2 heterocycles. The minimum absolute atomic E-state index is 0.279. The van der Waals surface area contributed by atoms with Crippen LogP contribution in [0.3, 0.4) is 0 Å². The van der Waals surface area contributed by atoms with Crippen LogP contribution in [0.5, 0.6) is 0 Å². The van der Waals surface area contributed by atoms with Gasteiger partial charge in [-0.05, 0) is 47.7 Å². The molecule has 0 aromatic carbocycles. The van der Waals surface area contributed by atoms with Gasteiger partial charge in [-0.2, -0.15) is 5.26 Å². The van der Waals surface area contributed by atoms with Gasteiger partial charge in [0, 0.05) is 42.8 Å². The number of halogens is 1. The third-order valence-electron chi connectivity index (χ3n) is 4.54. The number of aromatic nitrogens is 1. The van der Waals surface area contributed by atoms with Gasteiger partial charge in [-0.1, -0.05) is 0 Å². The normalized spacial score (nSPS) is 18.9. The summed E-state index contributed by atoms with van der Waals surface area (Å²) in [5.74, 6) is 1.33. The lowest BCUT2D eigenvalue weighted by atomic mass is 10.0. The van der Waals surface area contributed by atoms with Crippen LogP contribution in [0.2, 0.25) is 0 Å². The summed E-state index contributed by atoms with van der Waals surface area (Å²) in [6.45, 7) is 1.66. The molecule has 0 atom stereocenters. The molecule has 22 heavy (non-hydrogen) atoms. The van der Waals surface area contributed by atoms with Gasteiger partial charge in [-0.15, -0.1) is 0 Å². The molecule has 1 aromatic rings. The number of nitrogens with zero attached hydrogens (tertiary/aromatic N) is 4. The van der Waals surface area contributed by atoms with Gasteiger partial charge in [0.1, 0.15) is 11.9 Å². The second-order valence-electron chi connectivity index (χ2n) is 6.08. The molecule has 0 unspecified atom stereocenters. The fourth-order valence-corrected chi connectivity index (χ4v) is 3.36. The molecule has 0 radical (unpaired) electrons. The Balaban J connectivity index is 1.64. The number of anilines is 1. The smallest absolute Gasteiger partial charge is 0.225 e. The highest BCUT2D eigenvalue weighted by Crippen LogP contribution is 2.32. The Labute approximate surface area is 139 Å². The van der Waals surface area contributed by atoms with E-state index in [-0.39, 0.29) is 5.92 Å². The average Bonchev–Trinajstić information content (AvgIpc) is 3.38. The van der Waals surface area contributed by atoms with Crippen molar-refractivity contribution in [1.29, 1.82) is 5.26 Å². The van der Waals surface area contributed by atoms with E-state index < -0.39 is 0 Å². The molecular formula is C16H19BrN4O. The molecule has 2 aliphatic rings. The fourth-order valence-electron chi connectivity index (χ4n) is 3.03. The van der Waals surface area contributed by atoms with Crippen molar-refractivity contribution in [3.05, 3.63) is 22.3 Å². The third-order valence-corrected chi connectivity index (χ3v) is 4.97. The molecule has 1 saturated carbocycles. The minimum atomic E-state index is 0.279. The molecule has 1 aliphatic heterocycles. The molecule has 5 nitrogen and oxygen atoms in total. The lowest BCUT2D eigenvalue weighted by Gasteiger charge is -2.37. The molecule has 2 fully saturated rings. The van der Waals surface area contributed by atoms with Crippen molar-refractivity contribution in [2.45, 2.75) is 31.7 Å². The zero-order valence-electron chi connectivity index (χ0n) is 12.6. The number of carbonyl (C=O) groups excluding carboxylic acids is 1. The Morgan fingerprint density at radius 1 is 1.41 bits per heavy atom. The van der Waals surface area contributed by atoms with Crippen molar-refractivity contribution in [3.63, 3.8) is 0 Å². The van der Waals surface area contributed by atoms with Crippen molar-refractivity contribution in [1.82, 2.24) is 9.88 Å². The Morgan fingerprint density at radius 3 is 2.68 bits per heavy atom. The molecule has 0 spiro atoms. The van der Waals surface area contributed by atoms with E-state index >= 15 is 0 Å². The second-order valence-corrected chi connectivity index (χ2v) is 6.99. The zero-order chi connectivity index (χ0) is 15.7. The lowest BCUT2D eigenvalue weighted by molar-refractivity contribution is -0.133. The van der Waals surface area contributed by atoms with Crippen LogP contribution in [0.25, 0.3) is 0 Å². The van der Waals surface area contributed by atoms with Crippen LogP contribution in [-0.4, -0.2) is 42.0 Å². The molecular weight excluding hydrogens is 344 g/mol. The van der Waals surface area contributed by atoms with Crippen molar-refractivity contribution >= 4 is 27.7 Å². The standard InChI is InChI=1S/C16H19BrN4O/c1-20(16(22)11-2-3-11)14-4-6-21(7-5-14)15-12(9-18)8-13(17)10-19-15/h8,10-11,14H,2-7H2,1H3. The van der Waals surface area contributed by atoms with Gasteiger partial charge in [0.25, 0.3) is 0 Å². The molecule has 1 saturated heterocycles. The maximum Gasteiger partial charge on any atom is 0.225 e. The molecule has 1 aromatic heterocycles. The maximum absolute atomic E-state index is 12.1. The lowest BCUT2D eigenvalue weighted by Crippen LogP contribution is -2.46. The Bertz CT molecular complexity index is 615. The number of nitriles is 1. The second kappa shape index (κ2) is 6.25. The van der Waals surface area contributed by atoms with E-state index in [1.165, 1.54) is 0 Å². The van der Waals surface area contributed by atoms with E-state index in [9.17, 15) is 10.1 Å². The van der Waals surface area contributed by atoms with E-state index in [2.05, 4.69) is 31.9 Å². The number of hydrogen-bond acceptors (Lipinski definition) is 4. The van der Waals surface area contributed by atoms with Gasteiger partial charge in [0.05, 0.1) is 5.56 Å². The van der Waals surface area contributed by atoms with E-state index in [1.807, 2.05) is 11.9 Å². The van der Waals surface area contributed by atoms with Gasteiger partial charge in [0.15, 0.2) is 0 Å². The van der Waals surface area contributed by atoms with Crippen molar-refractivity contribution < 1.29 is 4.79 Å². The molecule has 1 aliphatic carbocycles. The summed E-state index contributed by atoms with van der Waals surface area (Å²) in [4.78, 5) is 20.6. The highest BCUT2D eigenvalue weighted by atomic mass is 79.9. The number of amides is 1. The SMILES string of the molecule is CN(C(=O)C1CC1)C1CCN(c2ncc(Br)cc2C#N)CC1. The summed E-state index contributed by atoms with van der Waals surface area (Å²) in [5.41, 5.74) is 0.593. The van der Waals surface area contributed by atoms with Crippen LogP contribution in [0, 0.1) is 17.2 Å². The molecule has 1 amide bonds. The average molecular weight is 363 g/mol. The highest BCUT2D eigenvalue weighted by Gasteiger charge is 2.35. The number of piperidine rings is 1. The van der Waals surface area contributed by atoms with Crippen LogP contribution >= 0.6 is 15.9 Å². The summed E-state index contributed by atoms with van der Waals surface area (Å²) in [6, 6.07) is 4.32. The minimum Gasteiger partial charge on any atom is -0.355 e. The van der Waals surface area contributed by atoms with Gasteiger partial charge in [0.2, 0.25) is 5.91 Å². The number of carbonyl (C=O) groups is 1. The van der Waals surface area contributed by atoms with Crippen LogP contribution < -0.4 is 4.90 Å². The van der Waals surface area contributed by atoms with Crippen LogP contribution in [0.15, 0.2) is 16.7 Å². The van der Waals surface area contributed by atoms with Crippen LogP contribution in [0.1, 0.15) is 31.2 Å². The maximum atomic E-state index is 12.1. The largest absolute Gasteiger partial charge is 0.355 e. The summed E-state index contributed by atoms with van der Waals surface area (Å²) in [7, 11) is 1.93. The first-order chi connectivity index (χ1) is 10.6. The zero-order valence-corrected chi connectivity index (χ0v) is 14.2. The van der Waals surface area contributed by atoms with Crippen LogP contribution in [0.4, 0.5) is 5.82 Å². The fraction of sp³-hybridized carbons (Fsp3) is 0.562. The van der Waals surface area contributed by atoms with E-state index in [1.54, 1.807) is 12.3 Å². The van der Waals surface area contributed by atoms with Gasteiger partial charge < -0.3 is 9.80 Å². The van der Waals surface area contributed by atoms with Crippen molar-refractivity contribution in [2.75, 3.05) is 25.0 Å². The summed E-state index contributed by atoms with van der Waals surface area (Å²) >= 11 is 3.35. The summed E-state index contributed by atoms with van der Waals surface area (Å²) in [5, 5.41) is 9.26. The number of pyridine rings is 1. The van der Waals surface area contributed by atoms with Gasteiger partial charge in [-0.3, -0.25) is 4.79 Å². The van der Waals surface area contributed by atoms with Crippen molar-refractivity contribution in [3.8, 4) is 6.07 Å². The van der Waals surface area contributed by atoms with Gasteiger partial charge >= 0.3 is 0 Å². The van der Waals surface area contributed by atoms with Crippen LogP contribution in [-0.2, 0) is 4.79 Å². The van der Waals surface area contributed by atoms with E-state index in [0.29, 0.717) is 17.5 Å². The topological polar surface area (TPSA) is 60.2 Å². The van der Waals surface area contributed by atoms with E-state index in [0.717, 1.165) is 49.1 Å². The third kappa shape index (κ3) is 3.09. The first-order valence-electron chi connectivity index (χ1n) is 7.67. The Kier molecular flexibility index (Phi) is 4.34. The highest BCUT2D eigenvalue weighted by molar-refractivity contribution is 9.10. The van der Waals surface area contributed by atoms with E-state index in [4.69, 9.17) is 0 Å². The molecule has 3 rings (SSSR count). The molecule has 116 valence electrons. The summed E-state index contributed by atoms with van der Waals surface area (Å²) in [6.07, 6.45) is 5.69. The predicted molar refractivity (Wildman–Crippen MR) is 87.4 cm³/mol. The monoisotopic (exact) mass is 362 g/mol. The molecule has 0 N–H and O–H groups in total. The number of hydrogen-bond donors (Lipinski definition) is 0. The van der Waals surface area contributed by atoms with Crippen molar-refractivity contribution in [2.24, 2.45) is 5.92 Å². The summed E-state index contributed by atoms with van der Waals surface area (Å²) < 4.78 is 0.817. The first-order valence-corrected chi connectivity index (χ1v) is 8.46. The first kappa shape index (κ1) is 15.3.